The highest BCUT2D eigenvalue weighted by Gasteiger charge is 2.22. The number of benzene rings is 1. The minimum atomic E-state index is 0.111. The number of fused-ring (bicyclic) bond motifs is 2. The average Bonchev–Trinajstić information content (AvgIpc) is 3.17. The van der Waals surface area contributed by atoms with E-state index in [1.165, 1.54) is 10.9 Å². The molecule has 3 aromatic rings. The van der Waals surface area contributed by atoms with Crippen LogP contribution in [0.1, 0.15) is 30.1 Å². The van der Waals surface area contributed by atoms with Crippen LogP contribution < -0.4 is 5.32 Å². The number of H-pyrrole nitrogens is 1. The molecule has 4 rings (SSSR count). The monoisotopic (exact) mass is 323 g/mol. The predicted octanol–water partition coefficient (Wildman–Crippen LogP) is 2.13. The van der Waals surface area contributed by atoms with Crippen molar-refractivity contribution in [3.05, 3.63) is 47.7 Å². The molecule has 1 atom stereocenters. The molecular weight excluding hydrogens is 302 g/mol. The second-order valence-corrected chi connectivity index (χ2v) is 6.44. The lowest BCUT2D eigenvalue weighted by Crippen LogP contribution is -2.41. The van der Waals surface area contributed by atoms with E-state index in [2.05, 4.69) is 37.2 Å². The minimum absolute atomic E-state index is 0.111. The van der Waals surface area contributed by atoms with Crippen LogP contribution in [-0.4, -0.2) is 31.7 Å². The summed E-state index contributed by atoms with van der Waals surface area (Å²) >= 11 is 0. The Morgan fingerprint density at radius 3 is 3.17 bits per heavy atom. The van der Waals surface area contributed by atoms with Crippen molar-refractivity contribution in [2.45, 2.75) is 45.2 Å². The van der Waals surface area contributed by atoms with Crippen LogP contribution in [0.15, 0.2) is 30.5 Å². The number of carbonyl (C=O) groups is 1. The van der Waals surface area contributed by atoms with Gasteiger partial charge in [-0.25, -0.2) is 0 Å². The van der Waals surface area contributed by atoms with Gasteiger partial charge in [0.1, 0.15) is 11.6 Å². The van der Waals surface area contributed by atoms with Gasteiger partial charge >= 0.3 is 0 Å². The number of para-hydroxylation sites is 1. The van der Waals surface area contributed by atoms with Gasteiger partial charge in [-0.05, 0) is 31.4 Å². The summed E-state index contributed by atoms with van der Waals surface area (Å²) in [5, 5.41) is 12.6. The number of hydrogen-bond acceptors (Lipinski definition) is 3. The maximum absolute atomic E-state index is 12.3. The first-order valence-corrected chi connectivity index (χ1v) is 8.44. The van der Waals surface area contributed by atoms with Crippen LogP contribution in [0.4, 0.5) is 0 Å². The third-order valence-electron chi connectivity index (χ3n) is 4.79. The Hall–Kier alpha value is -2.63. The molecule has 1 unspecified atom stereocenters. The summed E-state index contributed by atoms with van der Waals surface area (Å²) < 4.78 is 2.11. The van der Waals surface area contributed by atoms with Gasteiger partial charge in [0.2, 0.25) is 5.91 Å². The lowest BCUT2D eigenvalue weighted by molar-refractivity contribution is -0.122. The van der Waals surface area contributed by atoms with Gasteiger partial charge in [-0.3, -0.25) is 4.79 Å². The normalized spacial score (nSPS) is 17.0. The van der Waals surface area contributed by atoms with Crippen LogP contribution in [0, 0.1) is 6.92 Å². The first kappa shape index (κ1) is 14.9. The second-order valence-electron chi connectivity index (χ2n) is 6.44. The second kappa shape index (κ2) is 6.11. The van der Waals surface area contributed by atoms with E-state index in [0.29, 0.717) is 6.42 Å². The summed E-state index contributed by atoms with van der Waals surface area (Å²) in [6, 6.07) is 8.36. The maximum Gasteiger partial charge on any atom is 0.220 e. The van der Waals surface area contributed by atoms with Gasteiger partial charge in [0.05, 0.1) is 0 Å². The standard InChI is InChI=1S/C18H21N5O/c1-12-21-22-17-8-7-14(11-23(12)17)20-18(24)9-6-13-10-19-16-5-3-2-4-15(13)16/h2-5,10,14,19H,6-9,11H2,1H3,(H,20,24). The molecule has 1 aliphatic heterocycles. The Balaban J connectivity index is 1.35. The molecule has 1 aliphatic rings. The fourth-order valence-corrected chi connectivity index (χ4v) is 3.47. The highest BCUT2D eigenvalue weighted by molar-refractivity contribution is 5.84. The molecule has 3 heterocycles. The summed E-state index contributed by atoms with van der Waals surface area (Å²) in [4.78, 5) is 15.6. The van der Waals surface area contributed by atoms with Crippen LogP contribution >= 0.6 is 0 Å². The molecule has 24 heavy (non-hydrogen) atoms. The fourth-order valence-electron chi connectivity index (χ4n) is 3.47. The van der Waals surface area contributed by atoms with E-state index in [0.717, 1.165) is 43.0 Å². The molecule has 0 saturated carbocycles. The number of amides is 1. The van der Waals surface area contributed by atoms with Crippen molar-refractivity contribution >= 4 is 16.8 Å². The fraction of sp³-hybridized carbons (Fsp3) is 0.389. The van der Waals surface area contributed by atoms with E-state index in [-0.39, 0.29) is 11.9 Å². The van der Waals surface area contributed by atoms with Crippen LogP contribution in [0.3, 0.4) is 0 Å². The summed E-state index contributed by atoms with van der Waals surface area (Å²) in [7, 11) is 0. The van der Waals surface area contributed by atoms with Crippen molar-refractivity contribution in [2.24, 2.45) is 0 Å². The Bertz CT molecular complexity index is 879. The number of nitrogens with one attached hydrogen (secondary N) is 2. The third-order valence-corrected chi connectivity index (χ3v) is 4.79. The lowest BCUT2D eigenvalue weighted by atomic mass is 10.1. The Labute approximate surface area is 140 Å². The zero-order valence-corrected chi connectivity index (χ0v) is 13.7. The molecular formula is C18H21N5O. The van der Waals surface area contributed by atoms with Gasteiger partial charge in [-0.1, -0.05) is 18.2 Å². The number of nitrogens with zero attached hydrogens (tertiary/aromatic N) is 3. The minimum Gasteiger partial charge on any atom is -0.361 e. The smallest absolute Gasteiger partial charge is 0.220 e. The number of carbonyl (C=O) groups excluding carboxylic acids is 1. The van der Waals surface area contributed by atoms with E-state index in [1.807, 2.05) is 25.3 Å². The highest BCUT2D eigenvalue weighted by atomic mass is 16.1. The largest absolute Gasteiger partial charge is 0.361 e. The van der Waals surface area contributed by atoms with Gasteiger partial charge in [0.15, 0.2) is 0 Å². The van der Waals surface area contributed by atoms with Crippen LogP contribution in [-0.2, 0) is 24.2 Å². The van der Waals surface area contributed by atoms with Crippen molar-refractivity contribution in [2.75, 3.05) is 0 Å². The molecule has 6 nitrogen and oxygen atoms in total. The number of rotatable bonds is 4. The van der Waals surface area contributed by atoms with E-state index in [9.17, 15) is 4.79 Å². The van der Waals surface area contributed by atoms with Gasteiger partial charge < -0.3 is 14.9 Å². The predicted molar refractivity (Wildman–Crippen MR) is 91.6 cm³/mol. The van der Waals surface area contributed by atoms with E-state index in [4.69, 9.17) is 0 Å². The zero-order valence-electron chi connectivity index (χ0n) is 13.7. The maximum atomic E-state index is 12.3. The van der Waals surface area contributed by atoms with Crippen molar-refractivity contribution in [3.63, 3.8) is 0 Å². The van der Waals surface area contributed by atoms with Crippen LogP contribution in [0.25, 0.3) is 10.9 Å². The summed E-state index contributed by atoms with van der Waals surface area (Å²) in [5.74, 6) is 2.05. The third kappa shape index (κ3) is 2.79. The highest BCUT2D eigenvalue weighted by Crippen LogP contribution is 2.19. The topological polar surface area (TPSA) is 75.6 Å². The van der Waals surface area contributed by atoms with Gasteiger partial charge in [-0.15, -0.1) is 10.2 Å². The summed E-state index contributed by atoms with van der Waals surface area (Å²) in [6.07, 6.45) is 5.06. The molecule has 0 bridgehead atoms. The Morgan fingerprint density at radius 2 is 2.25 bits per heavy atom. The molecule has 1 aromatic carbocycles. The molecule has 2 N–H and O–H groups in total. The van der Waals surface area contributed by atoms with Crippen molar-refractivity contribution in [1.29, 1.82) is 0 Å². The Kier molecular flexibility index (Phi) is 3.80. The molecule has 1 amide bonds. The lowest BCUT2D eigenvalue weighted by Gasteiger charge is -2.24. The van der Waals surface area contributed by atoms with Crippen molar-refractivity contribution in [1.82, 2.24) is 25.1 Å². The number of aryl methyl sites for hydroxylation is 3. The van der Waals surface area contributed by atoms with Crippen molar-refractivity contribution < 1.29 is 4.79 Å². The number of aromatic nitrogens is 4. The summed E-state index contributed by atoms with van der Waals surface area (Å²) in [6.45, 7) is 2.73. The molecule has 0 fully saturated rings. The molecule has 0 aliphatic carbocycles. The number of hydrogen-bond donors (Lipinski definition) is 2. The van der Waals surface area contributed by atoms with Crippen LogP contribution in [0.2, 0.25) is 0 Å². The quantitative estimate of drug-likeness (QED) is 0.772. The molecule has 0 radical (unpaired) electrons. The first-order chi connectivity index (χ1) is 11.7. The van der Waals surface area contributed by atoms with E-state index >= 15 is 0 Å². The molecule has 0 spiro atoms. The number of aromatic amines is 1. The van der Waals surface area contributed by atoms with Crippen LogP contribution in [0.5, 0.6) is 0 Å². The SMILES string of the molecule is Cc1nnc2n1CC(NC(=O)CCc1c[nH]c3ccccc13)CC2. The van der Waals surface area contributed by atoms with E-state index in [1.54, 1.807) is 0 Å². The van der Waals surface area contributed by atoms with Gasteiger partial charge in [-0.2, -0.15) is 0 Å². The van der Waals surface area contributed by atoms with Gasteiger partial charge in [0, 0.05) is 42.5 Å². The van der Waals surface area contributed by atoms with E-state index < -0.39 is 0 Å². The van der Waals surface area contributed by atoms with Gasteiger partial charge in [0.25, 0.3) is 0 Å². The molecule has 2 aromatic heterocycles. The average molecular weight is 323 g/mol. The molecule has 6 heteroatoms. The first-order valence-electron chi connectivity index (χ1n) is 8.44. The van der Waals surface area contributed by atoms with Crippen molar-refractivity contribution in [3.8, 4) is 0 Å². The zero-order chi connectivity index (χ0) is 16.5. The molecule has 0 saturated heterocycles. The summed E-state index contributed by atoms with van der Waals surface area (Å²) in [5.41, 5.74) is 2.32. The molecule has 124 valence electrons. The Morgan fingerprint density at radius 1 is 1.38 bits per heavy atom.